The van der Waals surface area contributed by atoms with E-state index in [1.165, 1.54) is 0 Å². The SMILES string of the molecule is CC1(C)C(=O)N(c2ccc(Cl)c(C(F)(F)F)c2)C(=O)N1Cc1cc(C(F)(F)F)cc(C(F)(F)F)c1. The number of halogens is 10. The maximum atomic E-state index is 13.2. The third-order valence-corrected chi connectivity index (χ3v) is 5.65. The number of amides is 3. The van der Waals surface area contributed by atoms with Gasteiger partial charge in [0.05, 0.1) is 27.4 Å². The summed E-state index contributed by atoms with van der Waals surface area (Å²) in [6.07, 6.45) is -15.2. The van der Waals surface area contributed by atoms with E-state index in [4.69, 9.17) is 11.6 Å². The highest BCUT2D eigenvalue weighted by molar-refractivity contribution is 6.31. The van der Waals surface area contributed by atoms with E-state index in [9.17, 15) is 49.1 Å². The quantitative estimate of drug-likeness (QED) is 0.311. The van der Waals surface area contributed by atoms with E-state index < -0.39 is 75.5 Å². The lowest BCUT2D eigenvalue weighted by Gasteiger charge is -2.28. The van der Waals surface area contributed by atoms with Crippen molar-refractivity contribution in [1.82, 2.24) is 4.90 Å². The molecule has 0 unspecified atom stereocenters. The van der Waals surface area contributed by atoms with Crippen LogP contribution >= 0.6 is 11.6 Å². The Morgan fingerprint density at radius 1 is 0.800 bits per heavy atom. The van der Waals surface area contributed by atoms with Gasteiger partial charge >= 0.3 is 24.6 Å². The van der Waals surface area contributed by atoms with Crippen LogP contribution in [0.2, 0.25) is 5.02 Å². The monoisotopic (exact) mass is 532 g/mol. The smallest absolute Gasteiger partial charge is 0.305 e. The largest absolute Gasteiger partial charge is 0.417 e. The second kappa shape index (κ2) is 8.32. The maximum absolute atomic E-state index is 13.2. The van der Waals surface area contributed by atoms with Gasteiger partial charge in [0.15, 0.2) is 0 Å². The first-order chi connectivity index (χ1) is 15.7. The van der Waals surface area contributed by atoms with E-state index in [0.29, 0.717) is 28.0 Å². The Morgan fingerprint density at radius 2 is 1.31 bits per heavy atom. The van der Waals surface area contributed by atoms with Gasteiger partial charge in [0.25, 0.3) is 5.91 Å². The van der Waals surface area contributed by atoms with Crippen LogP contribution < -0.4 is 4.90 Å². The van der Waals surface area contributed by atoms with E-state index in [1.54, 1.807) is 0 Å². The van der Waals surface area contributed by atoms with Crippen LogP contribution in [0.3, 0.4) is 0 Å². The Hall–Kier alpha value is -2.96. The molecule has 0 spiro atoms. The molecule has 0 radical (unpaired) electrons. The van der Waals surface area contributed by atoms with Gasteiger partial charge < -0.3 is 4.90 Å². The molecule has 4 nitrogen and oxygen atoms in total. The van der Waals surface area contributed by atoms with Crippen molar-refractivity contribution in [2.24, 2.45) is 0 Å². The highest BCUT2D eigenvalue weighted by Crippen LogP contribution is 2.41. The molecule has 0 bridgehead atoms. The van der Waals surface area contributed by atoms with E-state index in [2.05, 4.69) is 0 Å². The molecule has 35 heavy (non-hydrogen) atoms. The van der Waals surface area contributed by atoms with E-state index in [-0.39, 0.29) is 6.07 Å². The van der Waals surface area contributed by atoms with Crippen molar-refractivity contribution in [2.75, 3.05) is 4.90 Å². The van der Waals surface area contributed by atoms with Crippen LogP contribution in [-0.4, -0.2) is 22.4 Å². The molecular weight excluding hydrogens is 519 g/mol. The molecule has 190 valence electrons. The van der Waals surface area contributed by atoms with Gasteiger partial charge in [-0.1, -0.05) is 11.6 Å². The van der Waals surface area contributed by atoms with Crippen molar-refractivity contribution in [2.45, 2.75) is 44.5 Å². The van der Waals surface area contributed by atoms with E-state index in [0.717, 1.165) is 26.0 Å². The van der Waals surface area contributed by atoms with Crippen molar-refractivity contribution in [1.29, 1.82) is 0 Å². The fourth-order valence-corrected chi connectivity index (χ4v) is 3.72. The molecule has 1 heterocycles. The number of rotatable bonds is 3. The molecule has 0 aliphatic carbocycles. The molecule has 0 saturated carbocycles. The Morgan fingerprint density at radius 3 is 1.77 bits per heavy atom. The summed E-state index contributed by atoms with van der Waals surface area (Å²) in [7, 11) is 0. The van der Waals surface area contributed by atoms with Gasteiger partial charge in [-0.3, -0.25) is 4.79 Å². The minimum atomic E-state index is -5.14. The summed E-state index contributed by atoms with van der Waals surface area (Å²) >= 11 is 5.55. The number of anilines is 1. The number of urea groups is 1. The van der Waals surface area contributed by atoms with Crippen LogP contribution in [0.25, 0.3) is 0 Å². The van der Waals surface area contributed by atoms with Crippen molar-refractivity contribution < 1.29 is 49.1 Å². The molecule has 2 aromatic carbocycles. The molecule has 0 atom stereocenters. The summed E-state index contributed by atoms with van der Waals surface area (Å²) < 4.78 is 119. The Kier molecular flexibility index (Phi) is 6.33. The third-order valence-electron chi connectivity index (χ3n) is 5.33. The molecular formula is C21H14ClF9N2O2. The van der Waals surface area contributed by atoms with Gasteiger partial charge in [0.1, 0.15) is 5.54 Å². The minimum Gasteiger partial charge on any atom is -0.305 e. The molecule has 1 saturated heterocycles. The van der Waals surface area contributed by atoms with Crippen molar-refractivity contribution in [3.8, 4) is 0 Å². The Balaban J connectivity index is 2.06. The van der Waals surface area contributed by atoms with Gasteiger partial charge in [-0.25, -0.2) is 9.69 Å². The summed E-state index contributed by atoms with van der Waals surface area (Å²) in [4.78, 5) is 27.0. The number of nitrogens with zero attached hydrogens (tertiary/aromatic N) is 2. The van der Waals surface area contributed by atoms with Crippen molar-refractivity contribution >= 4 is 29.2 Å². The summed E-state index contributed by atoms with van der Waals surface area (Å²) in [5, 5.41) is -0.708. The second-order valence-corrected chi connectivity index (χ2v) is 8.55. The third kappa shape index (κ3) is 5.04. The van der Waals surface area contributed by atoms with Gasteiger partial charge in [0.2, 0.25) is 0 Å². The van der Waals surface area contributed by atoms with Crippen LogP contribution in [0.5, 0.6) is 0 Å². The first-order valence-corrected chi connectivity index (χ1v) is 9.93. The average Bonchev–Trinajstić information content (AvgIpc) is 2.86. The summed E-state index contributed by atoms with van der Waals surface area (Å²) in [5.74, 6) is -1.04. The lowest BCUT2D eigenvalue weighted by molar-refractivity contribution is -0.143. The molecule has 1 aliphatic heterocycles. The molecule has 2 aromatic rings. The average molecular weight is 533 g/mol. The second-order valence-electron chi connectivity index (χ2n) is 8.14. The van der Waals surface area contributed by atoms with Crippen LogP contribution in [-0.2, 0) is 29.9 Å². The van der Waals surface area contributed by atoms with Gasteiger partial charge in [0, 0.05) is 6.54 Å². The number of hydrogen-bond donors (Lipinski definition) is 0. The summed E-state index contributed by atoms with van der Waals surface area (Å²) in [5.41, 5.74) is -7.52. The Labute approximate surface area is 196 Å². The maximum Gasteiger partial charge on any atom is 0.417 e. The molecule has 3 rings (SSSR count). The molecule has 1 aliphatic rings. The zero-order chi connectivity index (χ0) is 26.7. The first kappa shape index (κ1) is 26.6. The topological polar surface area (TPSA) is 40.6 Å². The van der Waals surface area contributed by atoms with E-state index >= 15 is 0 Å². The zero-order valence-electron chi connectivity index (χ0n) is 17.7. The predicted molar refractivity (Wildman–Crippen MR) is 105 cm³/mol. The number of carbonyl (C=O) groups is 2. The molecule has 0 aromatic heterocycles. The van der Waals surface area contributed by atoms with Gasteiger partial charge in [-0.2, -0.15) is 39.5 Å². The summed E-state index contributed by atoms with van der Waals surface area (Å²) in [6.45, 7) is 1.46. The lowest BCUT2D eigenvalue weighted by Crippen LogP contribution is -2.43. The van der Waals surface area contributed by atoms with Crippen LogP contribution in [0.1, 0.15) is 36.1 Å². The first-order valence-electron chi connectivity index (χ1n) is 9.56. The molecule has 0 N–H and O–H groups in total. The normalized spacial score (nSPS) is 16.9. The van der Waals surface area contributed by atoms with Gasteiger partial charge in [-0.05, 0) is 55.8 Å². The number of benzene rings is 2. The number of imide groups is 1. The lowest BCUT2D eigenvalue weighted by atomic mass is 10.0. The molecule has 3 amide bonds. The Bertz CT molecular complexity index is 1150. The van der Waals surface area contributed by atoms with Crippen LogP contribution in [0, 0.1) is 0 Å². The number of hydrogen-bond acceptors (Lipinski definition) is 2. The standard InChI is InChI=1S/C21H14ClF9N2O2/c1-18(2)16(34)33(13-3-4-15(22)14(8-13)21(29,30)31)17(35)32(18)9-10-5-11(19(23,24)25)7-12(6-10)20(26,27)28/h3-8H,9H2,1-2H3. The fourth-order valence-electron chi connectivity index (χ4n) is 3.49. The van der Waals surface area contributed by atoms with E-state index in [1.807, 2.05) is 0 Å². The van der Waals surface area contributed by atoms with Crippen molar-refractivity contribution in [3.05, 3.63) is 63.7 Å². The zero-order valence-corrected chi connectivity index (χ0v) is 18.4. The predicted octanol–water partition coefficient (Wildman–Crippen LogP) is 7.14. The minimum absolute atomic E-state index is 0.0930. The fraction of sp³-hybridized carbons (Fsp3) is 0.333. The van der Waals surface area contributed by atoms with Gasteiger partial charge in [-0.15, -0.1) is 0 Å². The van der Waals surface area contributed by atoms with Crippen LogP contribution in [0.15, 0.2) is 36.4 Å². The molecule has 14 heteroatoms. The molecule has 1 fully saturated rings. The highest BCUT2D eigenvalue weighted by atomic mass is 35.5. The highest BCUT2D eigenvalue weighted by Gasteiger charge is 2.52. The number of alkyl halides is 9. The number of carbonyl (C=O) groups excluding carboxylic acids is 2. The summed E-state index contributed by atoms with van der Waals surface area (Å²) in [6, 6.07) is 1.68. The van der Waals surface area contributed by atoms with Crippen LogP contribution in [0.4, 0.5) is 50.0 Å². The van der Waals surface area contributed by atoms with Crippen molar-refractivity contribution in [3.63, 3.8) is 0 Å².